The van der Waals surface area contributed by atoms with Crippen molar-refractivity contribution in [1.29, 1.82) is 0 Å². The Bertz CT molecular complexity index is 743. The number of carbonyl (C=O) groups is 1. The molecular weight excluding hydrogens is 306 g/mol. The zero-order valence-corrected chi connectivity index (χ0v) is 13.9. The van der Waals surface area contributed by atoms with Gasteiger partial charge in [0.2, 0.25) is 0 Å². The van der Waals surface area contributed by atoms with Crippen molar-refractivity contribution in [1.82, 2.24) is 15.0 Å². The SMILES string of the molecule is Cc1noc(-c2ccccc2)c1C(=O)N1C[C@@H]2[C@@H](C1)OCCN2C. The van der Waals surface area contributed by atoms with E-state index in [9.17, 15) is 4.79 Å². The fraction of sp³-hybridized carbons (Fsp3) is 0.444. The van der Waals surface area contributed by atoms with Crippen molar-refractivity contribution in [3.8, 4) is 11.3 Å². The Kier molecular flexibility index (Phi) is 3.86. The van der Waals surface area contributed by atoms with E-state index >= 15 is 0 Å². The summed E-state index contributed by atoms with van der Waals surface area (Å²) < 4.78 is 11.3. The molecule has 126 valence electrons. The molecule has 2 aromatic rings. The smallest absolute Gasteiger partial charge is 0.259 e. The molecular formula is C18H21N3O3. The summed E-state index contributed by atoms with van der Waals surface area (Å²) in [5, 5.41) is 4.03. The lowest BCUT2D eigenvalue weighted by molar-refractivity contribution is -0.0368. The normalized spacial score (nSPS) is 24.2. The lowest BCUT2D eigenvalue weighted by Crippen LogP contribution is -2.48. The van der Waals surface area contributed by atoms with Crippen LogP contribution in [0.5, 0.6) is 0 Å². The van der Waals surface area contributed by atoms with Gasteiger partial charge in [-0.15, -0.1) is 0 Å². The maximum absolute atomic E-state index is 13.1. The highest BCUT2D eigenvalue weighted by molar-refractivity contribution is 6.00. The summed E-state index contributed by atoms with van der Waals surface area (Å²) in [7, 11) is 2.09. The van der Waals surface area contributed by atoms with Gasteiger partial charge >= 0.3 is 0 Å². The molecule has 1 aromatic carbocycles. The Labute approximate surface area is 141 Å². The number of aryl methyl sites for hydroxylation is 1. The van der Waals surface area contributed by atoms with Crippen LogP contribution in [0.3, 0.4) is 0 Å². The first-order chi connectivity index (χ1) is 11.6. The van der Waals surface area contributed by atoms with Gasteiger partial charge in [0.1, 0.15) is 5.56 Å². The largest absolute Gasteiger partial charge is 0.373 e. The molecule has 2 aliphatic rings. The highest BCUT2D eigenvalue weighted by Gasteiger charge is 2.41. The van der Waals surface area contributed by atoms with E-state index in [1.54, 1.807) is 0 Å². The molecule has 0 N–H and O–H groups in total. The summed E-state index contributed by atoms with van der Waals surface area (Å²) in [6.07, 6.45) is 0.0908. The Morgan fingerprint density at radius 2 is 2.04 bits per heavy atom. The second-order valence-electron chi connectivity index (χ2n) is 6.51. The Hall–Kier alpha value is -2.18. The van der Waals surface area contributed by atoms with Gasteiger partial charge in [0, 0.05) is 25.2 Å². The Morgan fingerprint density at radius 1 is 1.25 bits per heavy atom. The Balaban J connectivity index is 1.63. The van der Waals surface area contributed by atoms with Crippen molar-refractivity contribution < 1.29 is 14.1 Å². The van der Waals surface area contributed by atoms with Gasteiger partial charge in [0.15, 0.2) is 5.76 Å². The van der Waals surface area contributed by atoms with Crippen LogP contribution in [0, 0.1) is 6.92 Å². The summed E-state index contributed by atoms with van der Waals surface area (Å²) >= 11 is 0. The molecule has 24 heavy (non-hydrogen) atoms. The Morgan fingerprint density at radius 3 is 2.79 bits per heavy atom. The molecule has 0 aliphatic carbocycles. The number of ether oxygens (including phenoxy) is 1. The van der Waals surface area contributed by atoms with Crippen LogP contribution in [0.2, 0.25) is 0 Å². The van der Waals surface area contributed by atoms with Crippen molar-refractivity contribution in [2.24, 2.45) is 0 Å². The standard InChI is InChI=1S/C18H21N3O3/c1-12-16(17(24-19-12)13-6-4-3-5-7-13)18(22)21-10-14-15(11-21)23-9-8-20(14)2/h3-7,14-15H,8-11H2,1-2H3/t14-,15-/m1/s1. The van der Waals surface area contributed by atoms with Gasteiger partial charge in [-0.25, -0.2) is 0 Å². The van der Waals surface area contributed by atoms with Crippen molar-refractivity contribution in [3.63, 3.8) is 0 Å². The average molecular weight is 327 g/mol. The third kappa shape index (κ3) is 2.52. The van der Waals surface area contributed by atoms with E-state index in [1.165, 1.54) is 0 Å². The summed E-state index contributed by atoms with van der Waals surface area (Å²) in [6.45, 7) is 4.74. The van der Waals surface area contributed by atoms with E-state index in [4.69, 9.17) is 9.26 Å². The van der Waals surface area contributed by atoms with Gasteiger partial charge in [0.25, 0.3) is 5.91 Å². The minimum Gasteiger partial charge on any atom is -0.373 e. The topological polar surface area (TPSA) is 58.8 Å². The maximum Gasteiger partial charge on any atom is 0.259 e. The second-order valence-corrected chi connectivity index (χ2v) is 6.51. The van der Waals surface area contributed by atoms with Crippen LogP contribution in [0.15, 0.2) is 34.9 Å². The number of benzene rings is 1. The fourth-order valence-corrected chi connectivity index (χ4v) is 3.59. The zero-order chi connectivity index (χ0) is 16.7. The van der Waals surface area contributed by atoms with Crippen LogP contribution >= 0.6 is 0 Å². The molecule has 2 atom stereocenters. The number of rotatable bonds is 2. The molecule has 2 fully saturated rings. The zero-order valence-electron chi connectivity index (χ0n) is 13.9. The number of hydrogen-bond donors (Lipinski definition) is 0. The number of morpholine rings is 1. The lowest BCUT2D eigenvalue weighted by Gasteiger charge is -2.33. The summed E-state index contributed by atoms with van der Waals surface area (Å²) in [6, 6.07) is 9.91. The number of fused-ring (bicyclic) bond motifs is 1. The van der Waals surface area contributed by atoms with E-state index in [0.717, 1.165) is 18.7 Å². The van der Waals surface area contributed by atoms with Crippen LogP contribution < -0.4 is 0 Å². The minimum atomic E-state index is -0.0287. The van der Waals surface area contributed by atoms with Crippen molar-refractivity contribution in [3.05, 3.63) is 41.6 Å². The van der Waals surface area contributed by atoms with Gasteiger partial charge in [-0.1, -0.05) is 35.5 Å². The highest BCUT2D eigenvalue weighted by Crippen LogP contribution is 2.30. The molecule has 0 saturated carbocycles. The average Bonchev–Trinajstić information content (AvgIpc) is 3.20. The number of carbonyl (C=O) groups excluding carboxylic acids is 1. The van der Waals surface area contributed by atoms with Gasteiger partial charge in [-0.2, -0.15) is 0 Å². The molecule has 2 saturated heterocycles. The highest BCUT2D eigenvalue weighted by atomic mass is 16.5. The van der Waals surface area contributed by atoms with E-state index in [-0.39, 0.29) is 18.1 Å². The molecule has 4 rings (SSSR count). The molecule has 0 bridgehead atoms. The van der Waals surface area contributed by atoms with E-state index in [0.29, 0.717) is 30.1 Å². The van der Waals surface area contributed by atoms with E-state index < -0.39 is 0 Å². The number of likely N-dealkylation sites (N-methyl/N-ethyl adjacent to an activating group) is 1. The summed E-state index contributed by atoms with van der Waals surface area (Å²) in [5.74, 6) is 0.515. The fourth-order valence-electron chi connectivity index (χ4n) is 3.59. The van der Waals surface area contributed by atoms with Crippen LogP contribution in [0.4, 0.5) is 0 Å². The number of nitrogens with zero attached hydrogens (tertiary/aromatic N) is 3. The monoisotopic (exact) mass is 327 g/mol. The molecule has 3 heterocycles. The minimum absolute atomic E-state index is 0.0287. The van der Waals surface area contributed by atoms with Crippen LogP contribution in [0.25, 0.3) is 11.3 Å². The van der Waals surface area contributed by atoms with Crippen molar-refractivity contribution in [2.75, 3.05) is 33.3 Å². The molecule has 6 nitrogen and oxygen atoms in total. The van der Waals surface area contributed by atoms with Crippen molar-refractivity contribution >= 4 is 5.91 Å². The lowest BCUT2D eigenvalue weighted by atomic mass is 10.1. The quantitative estimate of drug-likeness (QED) is 0.842. The molecule has 1 amide bonds. The third-order valence-corrected chi connectivity index (χ3v) is 4.98. The first-order valence-corrected chi connectivity index (χ1v) is 8.28. The van der Waals surface area contributed by atoms with Crippen LogP contribution in [-0.4, -0.2) is 66.3 Å². The number of likely N-dealkylation sites (tertiary alicyclic amines) is 1. The number of amides is 1. The molecule has 0 unspecified atom stereocenters. The molecule has 2 aliphatic heterocycles. The first kappa shape index (κ1) is 15.4. The molecule has 0 spiro atoms. The van der Waals surface area contributed by atoms with E-state index in [1.807, 2.05) is 42.2 Å². The van der Waals surface area contributed by atoms with Crippen molar-refractivity contribution in [2.45, 2.75) is 19.1 Å². The third-order valence-electron chi connectivity index (χ3n) is 4.98. The summed E-state index contributed by atoms with van der Waals surface area (Å²) in [5.41, 5.74) is 2.05. The van der Waals surface area contributed by atoms with Crippen LogP contribution in [-0.2, 0) is 4.74 Å². The predicted octanol–water partition coefficient (Wildman–Crippen LogP) is 1.81. The number of aromatic nitrogens is 1. The second kappa shape index (κ2) is 6.03. The van der Waals surface area contributed by atoms with Crippen LogP contribution in [0.1, 0.15) is 16.1 Å². The molecule has 6 heteroatoms. The molecule has 1 aromatic heterocycles. The van der Waals surface area contributed by atoms with Gasteiger partial charge in [-0.05, 0) is 14.0 Å². The summed E-state index contributed by atoms with van der Waals surface area (Å²) in [4.78, 5) is 17.3. The number of hydrogen-bond acceptors (Lipinski definition) is 5. The predicted molar refractivity (Wildman–Crippen MR) is 88.7 cm³/mol. The first-order valence-electron chi connectivity index (χ1n) is 8.28. The maximum atomic E-state index is 13.1. The van der Waals surface area contributed by atoms with Gasteiger partial charge < -0.3 is 14.2 Å². The van der Waals surface area contributed by atoms with E-state index in [2.05, 4.69) is 17.1 Å². The molecule has 0 radical (unpaired) electrons. The van der Waals surface area contributed by atoms with Gasteiger partial charge in [-0.3, -0.25) is 9.69 Å². The van der Waals surface area contributed by atoms with Gasteiger partial charge in [0.05, 0.1) is 24.4 Å².